The summed E-state index contributed by atoms with van der Waals surface area (Å²) < 4.78 is 0.999. The zero-order chi connectivity index (χ0) is 12.6. The van der Waals surface area contributed by atoms with Crippen LogP contribution < -0.4 is 0 Å². The Morgan fingerprint density at radius 2 is 2.00 bits per heavy atom. The molecule has 0 saturated heterocycles. The fourth-order valence-electron chi connectivity index (χ4n) is 1.95. The van der Waals surface area contributed by atoms with E-state index in [2.05, 4.69) is 15.9 Å². The van der Waals surface area contributed by atoms with Crippen LogP contribution in [0.25, 0.3) is 0 Å². The van der Waals surface area contributed by atoms with Crippen LogP contribution in [0.5, 0.6) is 0 Å². The van der Waals surface area contributed by atoms with Crippen molar-refractivity contribution in [2.24, 2.45) is 0 Å². The van der Waals surface area contributed by atoms with E-state index in [4.69, 9.17) is 0 Å². The number of hydrogen-bond donors (Lipinski definition) is 1. The molecule has 0 spiro atoms. The molecule has 0 radical (unpaired) electrons. The molecule has 0 amide bonds. The van der Waals surface area contributed by atoms with Gasteiger partial charge in [0.05, 0.1) is 5.41 Å². The zero-order valence-electron chi connectivity index (χ0n) is 9.62. The van der Waals surface area contributed by atoms with Crippen molar-refractivity contribution in [1.82, 2.24) is 0 Å². The van der Waals surface area contributed by atoms with E-state index in [1.165, 1.54) is 4.90 Å². The standard InChI is InChI=1S/C12H13BrO2S2/c1-16-9-6-7(5-8(13)10(9)17-2)12(3-4-12)11(14)15/h5-6H,3-4H2,1-2H3,(H,14,15). The summed E-state index contributed by atoms with van der Waals surface area (Å²) >= 11 is 6.88. The predicted molar refractivity (Wildman–Crippen MR) is 76.3 cm³/mol. The average Bonchev–Trinajstić information content (AvgIpc) is 3.08. The van der Waals surface area contributed by atoms with Crippen LogP contribution in [0, 0.1) is 0 Å². The number of thioether (sulfide) groups is 2. The summed E-state index contributed by atoms with van der Waals surface area (Å²) in [6, 6.07) is 4.00. The third kappa shape index (κ3) is 2.25. The maximum Gasteiger partial charge on any atom is 0.314 e. The van der Waals surface area contributed by atoms with Crippen LogP contribution in [0.3, 0.4) is 0 Å². The smallest absolute Gasteiger partial charge is 0.314 e. The Balaban J connectivity index is 2.51. The largest absolute Gasteiger partial charge is 0.481 e. The van der Waals surface area contributed by atoms with E-state index in [0.29, 0.717) is 0 Å². The molecule has 92 valence electrons. The minimum absolute atomic E-state index is 0.621. The maximum atomic E-state index is 11.3. The predicted octanol–water partition coefficient (Wildman–Crippen LogP) is 4.01. The van der Waals surface area contributed by atoms with Crippen molar-refractivity contribution in [3.8, 4) is 0 Å². The van der Waals surface area contributed by atoms with Gasteiger partial charge in [-0.3, -0.25) is 4.79 Å². The van der Waals surface area contributed by atoms with Crippen LogP contribution in [0.4, 0.5) is 0 Å². The SMILES string of the molecule is CSc1cc(C2(C(=O)O)CC2)cc(Br)c1SC. The second-order valence-electron chi connectivity index (χ2n) is 4.08. The van der Waals surface area contributed by atoms with Gasteiger partial charge in [0.1, 0.15) is 0 Å². The highest BCUT2D eigenvalue weighted by molar-refractivity contribution is 9.10. The third-order valence-electron chi connectivity index (χ3n) is 3.15. The Labute approximate surface area is 118 Å². The number of hydrogen-bond acceptors (Lipinski definition) is 3. The van der Waals surface area contributed by atoms with Crippen LogP contribution >= 0.6 is 39.5 Å². The highest BCUT2D eigenvalue weighted by Gasteiger charge is 2.52. The van der Waals surface area contributed by atoms with Crippen molar-refractivity contribution in [2.45, 2.75) is 28.0 Å². The molecule has 5 heteroatoms. The molecule has 1 fully saturated rings. The molecule has 0 aliphatic heterocycles. The lowest BCUT2D eigenvalue weighted by Crippen LogP contribution is -2.19. The molecule has 2 nitrogen and oxygen atoms in total. The van der Waals surface area contributed by atoms with Gasteiger partial charge in [0.2, 0.25) is 0 Å². The van der Waals surface area contributed by atoms with Gasteiger partial charge in [0, 0.05) is 14.3 Å². The van der Waals surface area contributed by atoms with E-state index < -0.39 is 11.4 Å². The molecule has 1 N–H and O–H groups in total. The number of aliphatic carboxylic acids is 1. The Hall–Kier alpha value is -0.130. The minimum Gasteiger partial charge on any atom is -0.481 e. The summed E-state index contributed by atoms with van der Waals surface area (Å²) in [5.74, 6) is -0.701. The van der Waals surface area contributed by atoms with E-state index in [1.54, 1.807) is 23.5 Å². The molecule has 1 saturated carbocycles. The molecule has 0 atom stereocenters. The average molecular weight is 333 g/mol. The lowest BCUT2D eigenvalue weighted by molar-refractivity contribution is -0.140. The first-order valence-electron chi connectivity index (χ1n) is 5.20. The van der Waals surface area contributed by atoms with Gasteiger partial charge in [0.15, 0.2) is 0 Å². The number of benzene rings is 1. The molecule has 1 aliphatic rings. The number of carboxylic acid groups (broad SMARTS) is 1. The zero-order valence-corrected chi connectivity index (χ0v) is 12.8. The summed E-state index contributed by atoms with van der Waals surface area (Å²) in [5, 5.41) is 9.31. The first-order chi connectivity index (χ1) is 8.05. The lowest BCUT2D eigenvalue weighted by atomic mass is 9.96. The van der Waals surface area contributed by atoms with Gasteiger partial charge < -0.3 is 5.11 Å². The molecule has 1 aromatic carbocycles. The Morgan fingerprint density at radius 1 is 1.35 bits per heavy atom. The van der Waals surface area contributed by atoms with Crippen molar-refractivity contribution in [3.63, 3.8) is 0 Å². The monoisotopic (exact) mass is 332 g/mol. The fourth-order valence-corrected chi connectivity index (χ4v) is 4.58. The summed E-state index contributed by atoms with van der Waals surface area (Å²) in [4.78, 5) is 13.7. The van der Waals surface area contributed by atoms with Crippen LogP contribution in [0.1, 0.15) is 18.4 Å². The summed E-state index contributed by atoms with van der Waals surface area (Å²) in [5.41, 5.74) is 0.309. The van der Waals surface area contributed by atoms with Gasteiger partial charge in [0.25, 0.3) is 0 Å². The van der Waals surface area contributed by atoms with E-state index in [9.17, 15) is 9.90 Å². The molecular weight excluding hydrogens is 320 g/mol. The van der Waals surface area contributed by atoms with Crippen LogP contribution in [-0.4, -0.2) is 23.6 Å². The van der Waals surface area contributed by atoms with Gasteiger partial charge >= 0.3 is 5.97 Å². The molecule has 0 aromatic heterocycles. The number of rotatable bonds is 4. The van der Waals surface area contributed by atoms with Gasteiger partial charge in [-0.25, -0.2) is 0 Å². The van der Waals surface area contributed by atoms with Gasteiger partial charge in [-0.1, -0.05) is 0 Å². The Morgan fingerprint density at radius 3 is 2.41 bits per heavy atom. The third-order valence-corrected chi connectivity index (χ3v) is 5.77. The molecular formula is C12H13BrO2S2. The molecule has 2 rings (SSSR count). The normalized spacial score (nSPS) is 16.9. The highest BCUT2D eigenvalue weighted by Crippen LogP contribution is 2.51. The second-order valence-corrected chi connectivity index (χ2v) is 6.60. The maximum absolute atomic E-state index is 11.3. The first kappa shape index (κ1) is 13.3. The number of carbonyl (C=O) groups is 1. The van der Waals surface area contributed by atoms with E-state index in [1.807, 2.05) is 24.6 Å². The number of carboxylic acids is 1. The van der Waals surface area contributed by atoms with Crippen LogP contribution in [0.15, 0.2) is 26.4 Å². The van der Waals surface area contributed by atoms with Gasteiger partial charge in [-0.2, -0.15) is 0 Å². The van der Waals surface area contributed by atoms with Gasteiger partial charge in [-0.05, 0) is 59.0 Å². The van der Waals surface area contributed by atoms with E-state index >= 15 is 0 Å². The van der Waals surface area contributed by atoms with Crippen molar-refractivity contribution >= 4 is 45.4 Å². The second kappa shape index (κ2) is 4.86. The fraction of sp³-hybridized carbons (Fsp3) is 0.417. The molecule has 0 bridgehead atoms. The van der Waals surface area contributed by atoms with Gasteiger partial charge in [-0.15, -0.1) is 23.5 Å². The number of halogens is 1. The van der Waals surface area contributed by atoms with Crippen molar-refractivity contribution < 1.29 is 9.90 Å². The first-order valence-corrected chi connectivity index (χ1v) is 8.45. The minimum atomic E-state index is -0.701. The Kier molecular flexibility index (Phi) is 3.80. The molecule has 0 unspecified atom stereocenters. The lowest BCUT2D eigenvalue weighted by Gasteiger charge is -2.15. The molecule has 17 heavy (non-hydrogen) atoms. The summed E-state index contributed by atoms with van der Waals surface area (Å²) in [6.45, 7) is 0. The molecule has 1 aromatic rings. The highest BCUT2D eigenvalue weighted by atomic mass is 79.9. The van der Waals surface area contributed by atoms with Crippen molar-refractivity contribution in [1.29, 1.82) is 0 Å². The van der Waals surface area contributed by atoms with Crippen LogP contribution in [0.2, 0.25) is 0 Å². The summed E-state index contributed by atoms with van der Waals surface area (Å²) in [7, 11) is 0. The van der Waals surface area contributed by atoms with Crippen LogP contribution in [-0.2, 0) is 10.2 Å². The van der Waals surface area contributed by atoms with Crippen molar-refractivity contribution in [2.75, 3.05) is 12.5 Å². The Bertz CT molecular complexity index is 470. The molecule has 0 heterocycles. The van der Waals surface area contributed by atoms with E-state index in [0.717, 1.165) is 27.8 Å². The van der Waals surface area contributed by atoms with Crippen molar-refractivity contribution in [3.05, 3.63) is 22.2 Å². The topological polar surface area (TPSA) is 37.3 Å². The van der Waals surface area contributed by atoms with E-state index in [-0.39, 0.29) is 0 Å². The molecule has 1 aliphatic carbocycles. The quantitative estimate of drug-likeness (QED) is 0.845. The summed E-state index contributed by atoms with van der Waals surface area (Å²) in [6.07, 6.45) is 5.55.